The van der Waals surface area contributed by atoms with Crippen LogP contribution < -0.4 is 27.4 Å². The molecule has 3 heterocycles. The number of likely N-dealkylation sites (tertiary alicyclic amines) is 1. The van der Waals surface area contributed by atoms with Crippen LogP contribution in [0.15, 0.2) is 0 Å². The molecule has 3 saturated heterocycles. The third-order valence-electron chi connectivity index (χ3n) is 16.1. The van der Waals surface area contributed by atoms with Gasteiger partial charge in [0.2, 0.25) is 29.5 Å². The first kappa shape index (κ1) is 69.9. The van der Waals surface area contributed by atoms with Crippen molar-refractivity contribution in [3.05, 3.63) is 0 Å². The number of ketones is 4. The van der Waals surface area contributed by atoms with Gasteiger partial charge < -0.3 is 81.9 Å². The van der Waals surface area contributed by atoms with E-state index in [1.165, 1.54) is 25.7 Å². The molecule has 0 bridgehead atoms. The van der Waals surface area contributed by atoms with Crippen molar-refractivity contribution in [3.8, 4) is 0 Å². The molecule has 3 rings (SSSR count). The number of carbonyl (C=O) groups excluding carboxylic acids is 9. The van der Waals surface area contributed by atoms with E-state index < -0.39 is 181 Å². The summed E-state index contributed by atoms with van der Waals surface area (Å²) in [5, 5.41) is 69.9. The minimum absolute atomic E-state index is 0.223. The number of rotatable bonds is 31. The number of aliphatic hydroxyl groups is 6. The average molecular weight is 1140 g/mol. The third kappa shape index (κ3) is 18.3. The number of quaternary nitrogens is 1. The van der Waals surface area contributed by atoms with Gasteiger partial charge in [-0.05, 0) is 57.3 Å². The molecule has 0 spiro atoms. The monoisotopic (exact) mass is 1140 g/mol. The first-order valence-electron chi connectivity index (χ1n) is 28.2. The van der Waals surface area contributed by atoms with Crippen LogP contribution in [0.25, 0.3) is 0 Å². The summed E-state index contributed by atoms with van der Waals surface area (Å²) in [7, 11) is 0. The van der Waals surface area contributed by atoms with Crippen molar-refractivity contribution >= 4 is 52.7 Å². The lowest BCUT2D eigenvalue weighted by atomic mass is 9.84. The fourth-order valence-electron chi connectivity index (χ4n) is 10.3. The standard InChI is InChI=1S/C55H94N6O19/c1-23(2)32(52(75)60-43(26(7)8)39(67)19-33(24(3)4)51(74)59-30(12)49(57)72)18-36(64)29(11)58-50(73)27(9)17-37(65)35-15-14-16-61(35)53(76)34(25(5)6)20-38(66)42(56)31(13)77-54-28(10)48(45(69)41(22-63)78-54)80-55-47(71)46(70)44(68)40(21-62)79-55/h23-35,40-48,54-55,62-63,68-71H,14-22,56H2,1-13H3,(H2,57,72)(H,58,73)(H,59,74)(H,60,75)/p+1/t27?,28?,29-,30-,31?,32?,33?,34?,35-,40?,41?,42-,43-,44-,45-,46-,47?,48+,54-,55-/m0/s1. The summed E-state index contributed by atoms with van der Waals surface area (Å²) in [6, 6.07) is -4.97. The molecule has 0 aromatic carbocycles. The second-order valence-electron chi connectivity index (χ2n) is 23.7. The molecule has 9 unspecified atom stereocenters. The molecule has 0 saturated carbocycles. The largest absolute Gasteiger partial charge is 0.394 e. The van der Waals surface area contributed by atoms with E-state index in [1.54, 1.807) is 69.2 Å². The first-order valence-corrected chi connectivity index (χ1v) is 28.2. The number of nitrogens with two attached hydrogens (primary N) is 1. The van der Waals surface area contributed by atoms with Crippen LogP contribution in [-0.2, 0) is 62.1 Å². The van der Waals surface area contributed by atoms with E-state index >= 15 is 0 Å². The van der Waals surface area contributed by atoms with Crippen LogP contribution in [0, 0.1) is 53.3 Å². The molecule has 20 atom stereocenters. The molecule has 0 aromatic heterocycles. The van der Waals surface area contributed by atoms with Gasteiger partial charge in [-0.3, -0.25) is 43.2 Å². The van der Waals surface area contributed by atoms with Crippen molar-refractivity contribution in [2.24, 2.45) is 59.0 Å². The molecule has 25 nitrogen and oxygen atoms in total. The highest BCUT2D eigenvalue weighted by molar-refractivity contribution is 5.98. The molecule has 80 heavy (non-hydrogen) atoms. The number of ether oxygens (including phenoxy) is 4. The van der Waals surface area contributed by atoms with Crippen molar-refractivity contribution in [2.45, 2.75) is 220 Å². The molecule has 0 aliphatic carbocycles. The van der Waals surface area contributed by atoms with Crippen molar-refractivity contribution < 1.29 is 98.5 Å². The number of nitrogens with one attached hydrogen (secondary N) is 3. The van der Waals surface area contributed by atoms with Crippen molar-refractivity contribution in [1.82, 2.24) is 20.9 Å². The number of aliphatic hydroxyl groups excluding tert-OH is 6. The number of hydrogen-bond donors (Lipinski definition) is 11. The lowest BCUT2D eigenvalue weighted by Crippen LogP contribution is -2.71. The topological polar surface area (TPSA) is 405 Å². The number of primary amides is 1. The highest BCUT2D eigenvalue weighted by Crippen LogP contribution is 2.34. The number of hydrogen-bond acceptors (Lipinski definition) is 19. The van der Waals surface area contributed by atoms with E-state index in [0.717, 1.165) is 0 Å². The van der Waals surface area contributed by atoms with Crippen LogP contribution in [0.2, 0.25) is 0 Å². The molecule has 458 valence electrons. The summed E-state index contributed by atoms with van der Waals surface area (Å²) in [5.41, 5.74) is 9.34. The number of Topliss-reactive ketones (excluding diaryl/α,β-unsaturated/α-hetero) is 4. The molecule has 25 heteroatoms. The average Bonchev–Trinajstić information content (AvgIpc) is 3.89. The summed E-state index contributed by atoms with van der Waals surface area (Å²) >= 11 is 0. The highest BCUT2D eigenvalue weighted by atomic mass is 16.7. The molecule has 3 aliphatic rings. The molecule has 14 N–H and O–H groups in total. The van der Waals surface area contributed by atoms with E-state index in [-0.39, 0.29) is 61.7 Å². The van der Waals surface area contributed by atoms with Crippen molar-refractivity contribution in [1.29, 1.82) is 0 Å². The normalized spacial score (nSPS) is 28.8. The highest BCUT2D eigenvalue weighted by Gasteiger charge is 2.51. The Morgan fingerprint density at radius 3 is 1.64 bits per heavy atom. The molecular weight excluding hydrogens is 1050 g/mol. The summed E-state index contributed by atoms with van der Waals surface area (Å²) in [5.74, 6) is -10.3. The minimum atomic E-state index is -1.79. The van der Waals surface area contributed by atoms with E-state index in [4.69, 9.17) is 24.7 Å². The van der Waals surface area contributed by atoms with Gasteiger partial charge in [-0.25, -0.2) is 0 Å². The Morgan fingerprint density at radius 2 is 1.11 bits per heavy atom. The van der Waals surface area contributed by atoms with E-state index in [2.05, 4.69) is 21.7 Å². The molecule has 5 amide bonds. The van der Waals surface area contributed by atoms with Gasteiger partial charge in [0, 0.05) is 61.8 Å². The second-order valence-corrected chi connectivity index (χ2v) is 23.7. The third-order valence-corrected chi connectivity index (χ3v) is 16.1. The second kappa shape index (κ2) is 31.3. The lowest BCUT2D eigenvalue weighted by molar-refractivity contribution is -0.432. The Kier molecular flexibility index (Phi) is 27.3. The van der Waals surface area contributed by atoms with E-state index in [0.29, 0.717) is 12.8 Å². The van der Waals surface area contributed by atoms with Crippen LogP contribution in [0.3, 0.4) is 0 Å². The van der Waals surface area contributed by atoms with Crippen LogP contribution in [-0.4, -0.2) is 200 Å². The Bertz CT molecular complexity index is 2130. The fraction of sp³-hybridized carbons (Fsp3) is 0.836. The van der Waals surface area contributed by atoms with Crippen LogP contribution in [0.4, 0.5) is 0 Å². The zero-order valence-electron chi connectivity index (χ0n) is 48.9. The SMILES string of the molecule is CC(CC(=O)[C@@H]1CCCN1C(=O)C(CC(=O)[C@@H]([NH3+])C(C)O[C@H]1OC(CO)[C@H](O)[C@H](O[C@@H]2OC(CO)[C@H](O)[C@H](O)C2O)C1C)C(C)C)C(=O)N[C@@H](C)C(=O)CC(C(=O)N[C@H](C(=O)CC(C(=O)N[C@@H](C)C(N)=O)C(C)C)C(C)C)C(C)C. The molecular formula is C55H95N6O19+. The predicted octanol–water partition coefficient (Wildman–Crippen LogP) is -2.18. The maximum Gasteiger partial charge on any atom is 0.239 e. The lowest BCUT2D eigenvalue weighted by Gasteiger charge is -2.47. The summed E-state index contributed by atoms with van der Waals surface area (Å²) < 4.78 is 23.4. The minimum Gasteiger partial charge on any atom is -0.394 e. The van der Waals surface area contributed by atoms with Gasteiger partial charge in [-0.1, -0.05) is 69.2 Å². The van der Waals surface area contributed by atoms with Gasteiger partial charge in [0.15, 0.2) is 41.8 Å². The van der Waals surface area contributed by atoms with Gasteiger partial charge in [0.05, 0.1) is 37.4 Å². The van der Waals surface area contributed by atoms with E-state index in [1.807, 2.05) is 0 Å². The van der Waals surface area contributed by atoms with Crippen molar-refractivity contribution in [3.63, 3.8) is 0 Å². The number of carbonyl (C=O) groups is 9. The Balaban J connectivity index is 1.62. The smallest absolute Gasteiger partial charge is 0.239 e. The number of nitrogens with zero attached hydrogens (tertiary/aromatic N) is 1. The van der Waals surface area contributed by atoms with Crippen LogP contribution >= 0.6 is 0 Å². The van der Waals surface area contributed by atoms with Crippen molar-refractivity contribution in [2.75, 3.05) is 19.8 Å². The Labute approximate surface area is 469 Å². The fourth-order valence-corrected chi connectivity index (χ4v) is 10.3. The van der Waals surface area contributed by atoms with Gasteiger partial charge in [-0.15, -0.1) is 0 Å². The summed E-state index contributed by atoms with van der Waals surface area (Å²) in [6.45, 7) is 20.4. The zero-order chi connectivity index (χ0) is 60.9. The maximum atomic E-state index is 14.3. The zero-order valence-corrected chi connectivity index (χ0v) is 48.9. The Hall–Kier alpha value is -4.41. The summed E-state index contributed by atoms with van der Waals surface area (Å²) in [4.78, 5) is 123. The quantitative estimate of drug-likeness (QED) is 0.0351. The first-order chi connectivity index (χ1) is 37.2. The molecule has 3 fully saturated rings. The molecule has 0 aromatic rings. The van der Waals surface area contributed by atoms with Crippen LogP contribution in [0.5, 0.6) is 0 Å². The van der Waals surface area contributed by atoms with Gasteiger partial charge in [0.25, 0.3) is 0 Å². The van der Waals surface area contributed by atoms with Crippen LogP contribution in [0.1, 0.15) is 129 Å². The predicted molar refractivity (Wildman–Crippen MR) is 285 cm³/mol. The summed E-state index contributed by atoms with van der Waals surface area (Å²) in [6.07, 6.45) is -14.6. The Morgan fingerprint density at radius 1 is 0.613 bits per heavy atom. The molecule has 3 aliphatic heterocycles. The van der Waals surface area contributed by atoms with E-state index in [9.17, 15) is 73.8 Å². The van der Waals surface area contributed by atoms with Gasteiger partial charge >= 0.3 is 0 Å². The van der Waals surface area contributed by atoms with Gasteiger partial charge in [-0.2, -0.15) is 0 Å². The number of amides is 5. The maximum absolute atomic E-state index is 14.3. The molecule has 0 radical (unpaired) electrons. The van der Waals surface area contributed by atoms with Gasteiger partial charge in [0.1, 0.15) is 48.8 Å².